The Kier molecular flexibility index (Phi) is 3.33. The first kappa shape index (κ1) is 10.4. The number of carboxylic acids is 1. The van der Waals surface area contributed by atoms with Gasteiger partial charge in [0, 0.05) is 12.3 Å². The highest BCUT2D eigenvalue weighted by Crippen LogP contribution is 2.10. The Morgan fingerprint density at radius 3 is 2.93 bits per heavy atom. The van der Waals surface area contributed by atoms with Gasteiger partial charge in [-0.1, -0.05) is 0 Å². The predicted molar refractivity (Wildman–Crippen MR) is 42.7 cm³/mol. The van der Waals surface area contributed by atoms with Gasteiger partial charge >= 0.3 is 5.97 Å². The number of aromatic carboxylic acids is 1. The predicted octanol–water partition coefficient (Wildman–Crippen LogP) is 1.42. The lowest BCUT2D eigenvalue weighted by atomic mass is 10.3. The van der Waals surface area contributed by atoms with Crippen molar-refractivity contribution in [1.29, 1.82) is 0 Å². The number of halogens is 2. The molecule has 0 aliphatic rings. The number of pyridine rings is 1. The van der Waals surface area contributed by atoms with E-state index in [4.69, 9.17) is 5.11 Å². The fraction of sp³-hybridized carbons (Fsp3) is 0.250. The highest BCUT2D eigenvalue weighted by atomic mass is 19.3. The molecule has 0 spiro atoms. The third-order valence-corrected chi connectivity index (χ3v) is 1.34. The molecule has 0 atom stereocenters. The molecule has 0 aromatic carbocycles. The van der Waals surface area contributed by atoms with Crippen LogP contribution >= 0.6 is 0 Å². The molecule has 0 aliphatic heterocycles. The SMILES string of the molecule is O=C(O)c1ccnc(OCC(F)F)c1. The molecule has 0 saturated heterocycles. The number of hydrogen-bond donors (Lipinski definition) is 1. The van der Waals surface area contributed by atoms with Crippen LogP contribution in [0.5, 0.6) is 5.88 Å². The quantitative estimate of drug-likeness (QED) is 0.803. The van der Waals surface area contributed by atoms with Gasteiger partial charge in [0.2, 0.25) is 5.88 Å². The van der Waals surface area contributed by atoms with Crippen LogP contribution in [0, 0.1) is 0 Å². The Bertz CT molecular complexity index is 330. The van der Waals surface area contributed by atoms with Gasteiger partial charge in [-0.15, -0.1) is 0 Å². The summed E-state index contributed by atoms with van der Waals surface area (Å²) >= 11 is 0. The first-order chi connectivity index (χ1) is 6.59. The molecule has 1 rings (SSSR count). The number of ether oxygens (including phenoxy) is 1. The summed E-state index contributed by atoms with van der Waals surface area (Å²) < 4.78 is 28.0. The smallest absolute Gasteiger partial charge is 0.335 e. The van der Waals surface area contributed by atoms with Crippen LogP contribution in [0.4, 0.5) is 8.78 Å². The summed E-state index contributed by atoms with van der Waals surface area (Å²) in [5, 5.41) is 8.56. The average molecular weight is 203 g/mol. The van der Waals surface area contributed by atoms with Crippen LogP contribution in [0.25, 0.3) is 0 Å². The first-order valence-corrected chi connectivity index (χ1v) is 3.70. The van der Waals surface area contributed by atoms with Crippen molar-refractivity contribution in [1.82, 2.24) is 4.98 Å². The summed E-state index contributed by atoms with van der Waals surface area (Å²) in [6.07, 6.45) is -1.42. The maximum Gasteiger partial charge on any atom is 0.335 e. The maximum absolute atomic E-state index is 11.7. The highest BCUT2D eigenvalue weighted by Gasteiger charge is 2.07. The van der Waals surface area contributed by atoms with E-state index >= 15 is 0 Å². The zero-order valence-corrected chi connectivity index (χ0v) is 6.98. The lowest BCUT2D eigenvalue weighted by Crippen LogP contribution is -2.08. The van der Waals surface area contributed by atoms with Gasteiger partial charge in [0.05, 0.1) is 5.56 Å². The molecule has 0 bridgehead atoms. The summed E-state index contributed by atoms with van der Waals surface area (Å²) in [7, 11) is 0. The van der Waals surface area contributed by atoms with Crippen molar-refractivity contribution in [2.45, 2.75) is 6.43 Å². The molecule has 0 radical (unpaired) electrons. The second-order valence-corrected chi connectivity index (χ2v) is 2.39. The Balaban J connectivity index is 2.69. The second-order valence-electron chi connectivity index (χ2n) is 2.39. The Morgan fingerprint density at radius 1 is 1.64 bits per heavy atom. The van der Waals surface area contributed by atoms with Gasteiger partial charge in [0.1, 0.15) is 0 Å². The van der Waals surface area contributed by atoms with E-state index in [0.29, 0.717) is 0 Å². The van der Waals surface area contributed by atoms with Crippen molar-refractivity contribution >= 4 is 5.97 Å². The van der Waals surface area contributed by atoms with Gasteiger partial charge in [-0.05, 0) is 6.07 Å². The molecular weight excluding hydrogens is 196 g/mol. The Labute approximate surface area is 78.1 Å². The molecule has 0 unspecified atom stereocenters. The van der Waals surface area contributed by atoms with Gasteiger partial charge < -0.3 is 9.84 Å². The van der Waals surface area contributed by atoms with Crippen molar-refractivity contribution in [3.8, 4) is 5.88 Å². The number of nitrogens with zero attached hydrogens (tertiary/aromatic N) is 1. The minimum Gasteiger partial charge on any atom is -0.478 e. The van der Waals surface area contributed by atoms with Gasteiger partial charge in [0.25, 0.3) is 6.43 Å². The van der Waals surface area contributed by atoms with Crippen molar-refractivity contribution in [3.05, 3.63) is 23.9 Å². The van der Waals surface area contributed by atoms with Crippen molar-refractivity contribution in [2.24, 2.45) is 0 Å². The molecule has 1 N–H and O–H groups in total. The Hall–Kier alpha value is -1.72. The van der Waals surface area contributed by atoms with Crippen molar-refractivity contribution in [2.75, 3.05) is 6.61 Å². The normalized spacial score (nSPS) is 10.2. The number of rotatable bonds is 4. The summed E-state index contributed by atoms with van der Waals surface area (Å²) in [6.45, 7) is -0.796. The minimum atomic E-state index is -2.61. The molecule has 0 amide bonds. The summed E-state index contributed by atoms with van der Waals surface area (Å²) in [6, 6.07) is 2.34. The lowest BCUT2D eigenvalue weighted by Gasteiger charge is -2.03. The molecule has 4 nitrogen and oxygen atoms in total. The molecule has 1 aromatic heterocycles. The summed E-state index contributed by atoms with van der Waals surface area (Å²) in [5.74, 6) is -1.28. The second kappa shape index (κ2) is 4.50. The molecule has 6 heteroatoms. The molecule has 0 saturated carbocycles. The van der Waals surface area contributed by atoms with Crippen molar-refractivity contribution in [3.63, 3.8) is 0 Å². The van der Waals surface area contributed by atoms with E-state index in [9.17, 15) is 13.6 Å². The van der Waals surface area contributed by atoms with E-state index in [1.54, 1.807) is 0 Å². The molecule has 14 heavy (non-hydrogen) atoms. The topological polar surface area (TPSA) is 59.4 Å². The van der Waals surface area contributed by atoms with E-state index in [1.807, 2.05) is 0 Å². The number of alkyl halides is 2. The number of aromatic nitrogens is 1. The summed E-state index contributed by atoms with van der Waals surface area (Å²) in [5.41, 5.74) is -0.0516. The largest absolute Gasteiger partial charge is 0.478 e. The van der Waals surface area contributed by atoms with Crippen LogP contribution in [0.1, 0.15) is 10.4 Å². The van der Waals surface area contributed by atoms with Crippen LogP contribution in [0.15, 0.2) is 18.3 Å². The minimum absolute atomic E-state index is 0.0516. The average Bonchev–Trinajstić information content (AvgIpc) is 2.15. The van der Waals surface area contributed by atoms with Crippen LogP contribution in [-0.2, 0) is 0 Å². The Morgan fingerprint density at radius 2 is 2.36 bits per heavy atom. The van der Waals surface area contributed by atoms with Crippen LogP contribution in [0.2, 0.25) is 0 Å². The number of carboxylic acid groups (broad SMARTS) is 1. The zero-order chi connectivity index (χ0) is 10.6. The van der Waals surface area contributed by atoms with Gasteiger partial charge in [-0.2, -0.15) is 0 Å². The van der Waals surface area contributed by atoms with Gasteiger partial charge in [-0.25, -0.2) is 18.6 Å². The van der Waals surface area contributed by atoms with Crippen molar-refractivity contribution < 1.29 is 23.4 Å². The molecule has 0 fully saturated rings. The summed E-state index contributed by atoms with van der Waals surface area (Å²) in [4.78, 5) is 14.0. The van der Waals surface area contributed by atoms with Crippen LogP contribution in [0.3, 0.4) is 0 Å². The third-order valence-electron chi connectivity index (χ3n) is 1.34. The first-order valence-electron chi connectivity index (χ1n) is 3.70. The fourth-order valence-corrected chi connectivity index (χ4v) is 0.770. The number of hydrogen-bond acceptors (Lipinski definition) is 3. The standard InChI is InChI=1S/C8H7F2NO3/c9-6(10)4-14-7-3-5(8(12)13)1-2-11-7/h1-3,6H,4H2,(H,12,13). The van der Waals surface area contributed by atoms with E-state index in [0.717, 1.165) is 6.07 Å². The fourth-order valence-electron chi connectivity index (χ4n) is 0.770. The highest BCUT2D eigenvalue weighted by molar-refractivity contribution is 5.87. The molecular formula is C8H7F2NO3. The van der Waals surface area contributed by atoms with E-state index < -0.39 is 19.0 Å². The maximum atomic E-state index is 11.7. The third kappa shape index (κ3) is 2.96. The van der Waals surface area contributed by atoms with Crippen LogP contribution in [-0.4, -0.2) is 29.1 Å². The van der Waals surface area contributed by atoms with E-state index in [1.165, 1.54) is 12.3 Å². The molecule has 1 aromatic rings. The van der Waals surface area contributed by atoms with Gasteiger partial charge in [0.15, 0.2) is 6.61 Å². The molecule has 0 aliphatic carbocycles. The number of carbonyl (C=O) groups is 1. The zero-order valence-electron chi connectivity index (χ0n) is 6.98. The molecule has 1 heterocycles. The van der Waals surface area contributed by atoms with E-state index in [2.05, 4.69) is 9.72 Å². The van der Waals surface area contributed by atoms with E-state index in [-0.39, 0.29) is 11.4 Å². The van der Waals surface area contributed by atoms with Gasteiger partial charge in [-0.3, -0.25) is 0 Å². The van der Waals surface area contributed by atoms with Crippen LogP contribution < -0.4 is 4.74 Å². The lowest BCUT2D eigenvalue weighted by molar-refractivity contribution is 0.0694. The molecule has 76 valence electrons. The monoisotopic (exact) mass is 203 g/mol.